The first-order chi connectivity index (χ1) is 23.2. The summed E-state index contributed by atoms with van der Waals surface area (Å²) in [5.41, 5.74) is 7.83. The van der Waals surface area contributed by atoms with Crippen molar-refractivity contribution in [3.8, 4) is 11.1 Å². The average Bonchev–Trinajstić information content (AvgIpc) is 3.14. The Morgan fingerprint density at radius 3 is 2.17 bits per heavy atom. The van der Waals surface area contributed by atoms with E-state index in [0.717, 1.165) is 39.0 Å². The van der Waals surface area contributed by atoms with Crippen LogP contribution in [-0.2, 0) is 0 Å². The van der Waals surface area contributed by atoms with Gasteiger partial charge in [0.05, 0.1) is 0 Å². The van der Waals surface area contributed by atoms with Crippen LogP contribution in [0.15, 0.2) is 177 Å². The molecule has 6 aromatic carbocycles. The van der Waals surface area contributed by atoms with Gasteiger partial charge in [-0.05, 0) is 84.4 Å². The third-order valence-electron chi connectivity index (χ3n) is 8.63. The fraction of sp³-hybridized carbons (Fsp3) is 0.0222. The van der Waals surface area contributed by atoms with Crippen molar-refractivity contribution in [3.05, 3.63) is 193 Å². The van der Waals surface area contributed by atoms with Crippen LogP contribution in [-0.4, -0.2) is 10.7 Å². The fourth-order valence-electron chi connectivity index (χ4n) is 6.34. The molecular formula is C45H34N2. The molecule has 7 rings (SSSR count). The van der Waals surface area contributed by atoms with Gasteiger partial charge in [0.2, 0.25) is 0 Å². The predicted molar refractivity (Wildman–Crippen MR) is 203 cm³/mol. The van der Waals surface area contributed by atoms with Crippen LogP contribution in [0.3, 0.4) is 0 Å². The van der Waals surface area contributed by atoms with E-state index < -0.39 is 0 Å². The highest BCUT2D eigenvalue weighted by Gasteiger charge is 2.13. The summed E-state index contributed by atoms with van der Waals surface area (Å²) in [6.07, 6.45) is 14.3. The van der Waals surface area contributed by atoms with E-state index in [9.17, 15) is 5.41 Å². The highest BCUT2D eigenvalue weighted by molar-refractivity contribution is 6.28. The molecule has 2 heteroatoms. The van der Waals surface area contributed by atoms with E-state index >= 15 is 0 Å². The molecule has 1 aromatic heterocycles. The van der Waals surface area contributed by atoms with Gasteiger partial charge in [0, 0.05) is 35.7 Å². The largest absolute Gasteiger partial charge is 0.304 e. The normalized spacial score (nSPS) is 12.3. The van der Waals surface area contributed by atoms with E-state index in [-0.39, 0.29) is 0 Å². The summed E-state index contributed by atoms with van der Waals surface area (Å²) in [5.74, 6) is 0. The Morgan fingerprint density at radius 2 is 1.36 bits per heavy atom. The number of rotatable bonds is 9. The second kappa shape index (κ2) is 13.5. The van der Waals surface area contributed by atoms with Crippen LogP contribution < -0.4 is 0 Å². The number of aromatic nitrogens is 1. The molecule has 0 atom stereocenters. The molecule has 0 aliphatic heterocycles. The Morgan fingerprint density at radius 1 is 0.660 bits per heavy atom. The zero-order chi connectivity index (χ0) is 32.0. The van der Waals surface area contributed by atoms with Crippen molar-refractivity contribution in [2.75, 3.05) is 0 Å². The molecule has 0 saturated heterocycles. The zero-order valence-electron chi connectivity index (χ0n) is 26.1. The summed E-state index contributed by atoms with van der Waals surface area (Å²) in [6, 6.07) is 46.6. The van der Waals surface area contributed by atoms with Gasteiger partial charge in [0.25, 0.3) is 0 Å². The molecule has 0 fully saturated rings. The number of hydrogen-bond acceptors (Lipinski definition) is 2. The zero-order valence-corrected chi connectivity index (χ0v) is 26.1. The molecule has 0 radical (unpaired) electrons. The first-order valence-electron chi connectivity index (χ1n) is 15.9. The Balaban J connectivity index is 1.38. The first-order valence-corrected chi connectivity index (χ1v) is 15.9. The lowest BCUT2D eigenvalue weighted by molar-refractivity contribution is 1.33. The maximum atomic E-state index is 9.61. The van der Waals surface area contributed by atoms with Crippen molar-refractivity contribution in [2.24, 2.45) is 0 Å². The third-order valence-corrected chi connectivity index (χ3v) is 8.63. The maximum absolute atomic E-state index is 9.61. The lowest BCUT2D eigenvalue weighted by Gasteiger charge is -2.14. The minimum absolute atomic E-state index is 0.453. The molecule has 47 heavy (non-hydrogen) atoms. The number of nitrogens with zero attached hydrogens (tertiary/aromatic N) is 1. The number of allylic oxidation sites excluding steroid dienone is 6. The van der Waals surface area contributed by atoms with E-state index in [1.54, 1.807) is 12.3 Å². The Hall–Kier alpha value is -6.12. The highest BCUT2D eigenvalue weighted by atomic mass is 14.6. The molecule has 0 aliphatic rings. The summed E-state index contributed by atoms with van der Waals surface area (Å²) in [6.45, 7) is 3.91. The van der Waals surface area contributed by atoms with Gasteiger partial charge in [-0.2, -0.15) is 0 Å². The molecule has 0 aliphatic carbocycles. The molecule has 0 spiro atoms. The topological polar surface area (TPSA) is 36.7 Å². The van der Waals surface area contributed by atoms with Crippen LogP contribution in [0.25, 0.3) is 60.7 Å². The molecule has 0 unspecified atom stereocenters. The fourth-order valence-corrected chi connectivity index (χ4v) is 6.34. The monoisotopic (exact) mass is 602 g/mol. The number of nitrogens with one attached hydrogen (secondary N) is 1. The SMILES string of the molecule is C=C/C=C\C(=C/CC(=N)/C(=C\c1cc2ccccc2c2ccccc12)c1cccc(-c2cccnc2)c1)c1cccc2ccccc12. The van der Waals surface area contributed by atoms with Gasteiger partial charge in [-0.3, -0.25) is 4.98 Å². The number of fused-ring (bicyclic) bond motifs is 4. The predicted octanol–water partition coefficient (Wildman–Crippen LogP) is 12.0. The third kappa shape index (κ3) is 6.22. The van der Waals surface area contributed by atoms with Gasteiger partial charge < -0.3 is 5.41 Å². The molecule has 1 heterocycles. The van der Waals surface area contributed by atoms with Gasteiger partial charge in [0.15, 0.2) is 0 Å². The van der Waals surface area contributed by atoms with Crippen molar-refractivity contribution in [2.45, 2.75) is 6.42 Å². The molecule has 7 aromatic rings. The van der Waals surface area contributed by atoms with Gasteiger partial charge >= 0.3 is 0 Å². The van der Waals surface area contributed by atoms with E-state index in [1.807, 2.05) is 18.3 Å². The smallest absolute Gasteiger partial charge is 0.0430 e. The number of hydrogen-bond donors (Lipinski definition) is 1. The highest BCUT2D eigenvalue weighted by Crippen LogP contribution is 2.34. The van der Waals surface area contributed by atoms with Gasteiger partial charge in [-0.15, -0.1) is 0 Å². The van der Waals surface area contributed by atoms with Crippen LogP contribution in [0.5, 0.6) is 0 Å². The van der Waals surface area contributed by atoms with Crippen LogP contribution in [0, 0.1) is 5.41 Å². The van der Waals surface area contributed by atoms with Gasteiger partial charge in [0.1, 0.15) is 0 Å². The Bertz CT molecular complexity index is 2350. The summed E-state index contributed by atoms with van der Waals surface area (Å²) in [7, 11) is 0. The second-order valence-electron chi connectivity index (χ2n) is 11.6. The van der Waals surface area contributed by atoms with Crippen molar-refractivity contribution >= 4 is 55.3 Å². The average molecular weight is 603 g/mol. The second-order valence-corrected chi connectivity index (χ2v) is 11.6. The lowest BCUT2D eigenvalue weighted by atomic mass is 9.90. The molecule has 224 valence electrons. The molecular weight excluding hydrogens is 569 g/mol. The molecule has 0 bridgehead atoms. The standard InChI is InChI=1S/C45H34N2/c1-2-3-13-33(40-24-11-16-32-14-4-6-20-39(32)40)25-26-45(46)44(36-18-10-17-34(28-36)37-19-12-27-47-31-37)30-38-29-35-15-5-7-21-41(35)43-23-9-8-22-42(38)43/h2-25,27-31,46H,1,26H2/b13-3-,33-25+,44-30-,46-45?. The van der Waals surface area contributed by atoms with E-state index in [1.165, 1.54) is 32.3 Å². The van der Waals surface area contributed by atoms with Crippen molar-refractivity contribution in [1.29, 1.82) is 5.41 Å². The minimum Gasteiger partial charge on any atom is -0.304 e. The molecule has 1 N–H and O–H groups in total. The van der Waals surface area contributed by atoms with Crippen LogP contribution in [0.2, 0.25) is 0 Å². The number of benzene rings is 6. The maximum Gasteiger partial charge on any atom is 0.0430 e. The first kappa shape index (κ1) is 29.6. The van der Waals surface area contributed by atoms with Crippen LogP contribution in [0.4, 0.5) is 0 Å². The summed E-state index contributed by atoms with van der Waals surface area (Å²) in [4.78, 5) is 4.35. The summed E-state index contributed by atoms with van der Waals surface area (Å²) in [5, 5.41) is 16.8. The van der Waals surface area contributed by atoms with Gasteiger partial charge in [-0.25, -0.2) is 0 Å². The number of pyridine rings is 1. The van der Waals surface area contributed by atoms with E-state index in [0.29, 0.717) is 12.1 Å². The Kier molecular flexibility index (Phi) is 8.48. The lowest BCUT2D eigenvalue weighted by Crippen LogP contribution is -2.01. The van der Waals surface area contributed by atoms with Crippen LogP contribution in [0.1, 0.15) is 23.1 Å². The molecule has 2 nitrogen and oxygen atoms in total. The van der Waals surface area contributed by atoms with Crippen LogP contribution >= 0.6 is 0 Å². The quantitative estimate of drug-likeness (QED) is 0.0759. The summed E-state index contributed by atoms with van der Waals surface area (Å²) >= 11 is 0. The van der Waals surface area contributed by atoms with Crippen molar-refractivity contribution < 1.29 is 0 Å². The Labute approximate surface area is 275 Å². The van der Waals surface area contributed by atoms with Crippen molar-refractivity contribution in [3.63, 3.8) is 0 Å². The van der Waals surface area contributed by atoms with Crippen molar-refractivity contribution in [1.82, 2.24) is 4.98 Å². The van der Waals surface area contributed by atoms with E-state index in [4.69, 9.17) is 0 Å². The molecule has 0 saturated carbocycles. The molecule has 0 amide bonds. The summed E-state index contributed by atoms with van der Waals surface area (Å²) < 4.78 is 0. The minimum atomic E-state index is 0.453. The van der Waals surface area contributed by atoms with Gasteiger partial charge in [-0.1, -0.05) is 146 Å². The van der Waals surface area contributed by atoms with E-state index in [2.05, 4.69) is 157 Å².